The highest BCUT2D eigenvalue weighted by Crippen LogP contribution is 2.18. The molecular formula is C12H13N3O3. The molecule has 6 nitrogen and oxygen atoms in total. The zero-order valence-corrected chi connectivity index (χ0v) is 10.4. The van der Waals surface area contributed by atoms with Gasteiger partial charge in [-0.1, -0.05) is 0 Å². The van der Waals surface area contributed by atoms with Gasteiger partial charge in [-0.05, 0) is 13.0 Å². The maximum Gasteiger partial charge on any atom is 0.295 e. The smallest absolute Gasteiger partial charge is 0.295 e. The second-order valence-electron chi connectivity index (χ2n) is 3.69. The van der Waals surface area contributed by atoms with Crippen LogP contribution in [0.3, 0.4) is 0 Å². The fourth-order valence-electron chi connectivity index (χ4n) is 1.47. The summed E-state index contributed by atoms with van der Waals surface area (Å²) in [5, 5.41) is 0. The van der Waals surface area contributed by atoms with Crippen molar-refractivity contribution in [1.29, 1.82) is 0 Å². The average Bonchev–Trinajstić information content (AvgIpc) is 2.83. The first-order chi connectivity index (χ1) is 8.63. The summed E-state index contributed by atoms with van der Waals surface area (Å²) in [6.07, 6.45) is 2.81. The lowest BCUT2D eigenvalue weighted by molar-refractivity contribution is 0.0965. The van der Waals surface area contributed by atoms with E-state index in [1.165, 1.54) is 18.4 Å². The van der Waals surface area contributed by atoms with E-state index in [0.29, 0.717) is 17.3 Å². The van der Waals surface area contributed by atoms with Crippen LogP contribution in [-0.4, -0.2) is 30.0 Å². The van der Waals surface area contributed by atoms with Crippen LogP contribution in [0.5, 0.6) is 5.88 Å². The highest BCUT2D eigenvalue weighted by molar-refractivity contribution is 6.04. The number of pyridine rings is 1. The van der Waals surface area contributed by atoms with E-state index in [4.69, 9.17) is 9.15 Å². The lowest BCUT2D eigenvalue weighted by Crippen LogP contribution is -2.26. The summed E-state index contributed by atoms with van der Waals surface area (Å²) < 4.78 is 10.0. The summed E-state index contributed by atoms with van der Waals surface area (Å²) in [5.41, 5.74) is 1.21. The topological polar surface area (TPSA) is 68.5 Å². The van der Waals surface area contributed by atoms with Crippen LogP contribution in [0, 0.1) is 6.92 Å². The van der Waals surface area contributed by atoms with E-state index in [1.54, 1.807) is 32.3 Å². The molecule has 0 radical (unpaired) electrons. The largest absolute Gasteiger partial charge is 0.481 e. The molecule has 2 rings (SSSR count). The summed E-state index contributed by atoms with van der Waals surface area (Å²) in [7, 11) is 3.18. The molecule has 0 atom stereocenters. The summed E-state index contributed by atoms with van der Waals surface area (Å²) >= 11 is 0. The number of carbonyl (C=O) groups is 1. The van der Waals surface area contributed by atoms with Gasteiger partial charge in [0, 0.05) is 13.1 Å². The number of oxazole rings is 1. The number of methoxy groups -OCH3 is 1. The monoisotopic (exact) mass is 247 g/mol. The SMILES string of the molecule is COc1ccc(N(C)C(=O)c2ocnc2C)cn1. The van der Waals surface area contributed by atoms with E-state index in [2.05, 4.69) is 9.97 Å². The Balaban J connectivity index is 2.23. The van der Waals surface area contributed by atoms with E-state index < -0.39 is 0 Å². The standard InChI is InChI=1S/C12H13N3O3/c1-8-11(18-7-14-8)12(16)15(2)9-4-5-10(17-3)13-6-9/h4-7H,1-3H3. The molecule has 0 saturated heterocycles. The van der Waals surface area contributed by atoms with Crippen molar-refractivity contribution in [3.63, 3.8) is 0 Å². The van der Waals surface area contributed by atoms with Crippen LogP contribution in [0.15, 0.2) is 29.1 Å². The number of hydrogen-bond donors (Lipinski definition) is 0. The van der Waals surface area contributed by atoms with Crippen molar-refractivity contribution in [3.8, 4) is 5.88 Å². The van der Waals surface area contributed by atoms with E-state index in [9.17, 15) is 4.79 Å². The number of aromatic nitrogens is 2. The molecule has 2 aromatic heterocycles. The fraction of sp³-hybridized carbons (Fsp3) is 0.250. The van der Waals surface area contributed by atoms with Gasteiger partial charge in [0.2, 0.25) is 11.6 Å². The Morgan fingerprint density at radius 3 is 2.67 bits per heavy atom. The van der Waals surface area contributed by atoms with Crippen molar-refractivity contribution in [2.75, 3.05) is 19.1 Å². The van der Waals surface area contributed by atoms with Gasteiger partial charge in [-0.2, -0.15) is 0 Å². The third kappa shape index (κ3) is 2.17. The van der Waals surface area contributed by atoms with Gasteiger partial charge in [-0.15, -0.1) is 0 Å². The van der Waals surface area contributed by atoms with Gasteiger partial charge in [0.1, 0.15) is 0 Å². The molecular weight excluding hydrogens is 234 g/mol. The van der Waals surface area contributed by atoms with Gasteiger partial charge >= 0.3 is 0 Å². The molecule has 0 bridgehead atoms. The first-order valence-electron chi connectivity index (χ1n) is 5.31. The number of anilines is 1. The summed E-state index contributed by atoms with van der Waals surface area (Å²) in [6.45, 7) is 1.72. The lowest BCUT2D eigenvalue weighted by Gasteiger charge is -2.15. The summed E-state index contributed by atoms with van der Waals surface area (Å²) in [5.74, 6) is 0.459. The Bertz CT molecular complexity index is 548. The molecule has 2 aromatic rings. The minimum atomic E-state index is -0.267. The number of amides is 1. The van der Waals surface area contributed by atoms with Gasteiger partial charge in [-0.25, -0.2) is 9.97 Å². The molecule has 0 N–H and O–H groups in total. The minimum Gasteiger partial charge on any atom is -0.481 e. The molecule has 0 spiro atoms. The molecule has 0 aliphatic heterocycles. The number of hydrogen-bond acceptors (Lipinski definition) is 5. The van der Waals surface area contributed by atoms with Crippen LogP contribution in [-0.2, 0) is 0 Å². The Morgan fingerprint density at radius 2 is 2.17 bits per heavy atom. The molecule has 18 heavy (non-hydrogen) atoms. The molecule has 2 heterocycles. The quantitative estimate of drug-likeness (QED) is 0.825. The number of rotatable bonds is 3. The van der Waals surface area contributed by atoms with Crippen molar-refractivity contribution in [2.45, 2.75) is 6.92 Å². The fourth-order valence-corrected chi connectivity index (χ4v) is 1.47. The summed E-state index contributed by atoms with van der Waals surface area (Å²) in [6, 6.07) is 3.43. The van der Waals surface area contributed by atoms with Gasteiger partial charge < -0.3 is 14.1 Å². The maximum absolute atomic E-state index is 12.1. The van der Waals surface area contributed by atoms with Crippen molar-refractivity contribution in [2.24, 2.45) is 0 Å². The Kier molecular flexibility index (Phi) is 3.27. The molecule has 0 aliphatic carbocycles. The first kappa shape index (κ1) is 12.1. The zero-order valence-electron chi connectivity index (χ0n) is 10.4. The number of carbonyl (C=O) groups excluding carboxylic acids is 1. The molecule has 6 heteroatoms. The lowest BCUT2D eigenvalue weighted by atomic mass is 10.3. The third-order valence-corrected chi connectivity index (χ3v) is 2.56. The first-order valence-corrected chi connectivity index (χ1v) is 5.31. The normalized spacial score (nSPS) is 10.2. The number of ether oxygens (including phenoxy) is 1. The van der Waals surface area contributed by atoms with Crippen LogP contribution in [0.1, 0.15) is 16.2 Å². The highest BCUT2D eigenvalue weighted by Gasteiger charge is 2.19. The molecule has 0 aliphatic rings. The van der Waals surface area contributed by atoms with Crippen LogP contribution in [0.4, 0.5) is 5.69 Å². The van der Waals surface area contributed by atoms with Crippen LogP contribution in [0.25, 0.3) is 0 Å². The van der Waals surface area contributed by atoms with Crippen molar-refractivity contribution >= 4 is 11.6 Å². The average molecular weight is 247 g/mol. The van der Waals surface area contributed by atoms with Crippen LogP contribution >= 0.6 is 0 Å². The van der Waals surface area contributed by atoms with Crippen molar-refractivity contribution < 1.29 is 13.9 Å². The molecule has 1 amide bonds. The third-order valence-electron chi connectivity index (χ3n) is 2.56. The molecule has 0 fully saturated rings. The van der Waals surface area contributed by atoms with Crippen LogP contribution < -0.4 is 9.64 Å². The molecule has 94 valence electrons. The van der Waals surface area contributed by atoms with Gasteiger partial charge in [-0.3, -0.25) is 4.79 Å². The van der Waals surface area contributed by atoms with Gasteiger partial charge in [0.25, 0.3) is 5.91 Å². The Morgan fingerprint density at radius 1 is 1.39 bits per heavy atom. The highest BCUT2D eigenvalue weighted by atomic mass is 16.5. The second-order valence-corrected chi connectivity index (χ2v) is 3.69. The molecule has 0 aromatic carbocycles. The predicted molar refractivity (Wildman–Crippen MR) is 64.8 cm³/mol. The molecule has 0 saturated carbocycles. The van der Waals surface area contributed by atoms with E-state index >= 15 is 0 Å². The molecule has 0 unspecified atom stereocenters. The van der Waals surface area contributed by atoms with Gasteiger partial charge in [0.05, 0.1) is 24.7 Å². The van der Waals surface area contributed by atoms with E-state index in [1.807, 2.05) is 0 Å². The van der Waals surface area contributed by atoms with Gasteiger partial charge in [0.15, 0.2) is 6.39 Å². The van der Waals surface area contributed by atoms with E-state index in [0.717, 1.165) is 0 Å². The second kappa shape index (κ2) is 4.87. The number of nitrogens with zero attached hydrogens (tertiary/aromatic N) is 3. The van der Waals surface area contributed by atoms with Crippen LogP contribution in [0.2, 0.25) is 0 Å². The maximum atomic E-state index is 12.1. The predicted octanol–water partition coefficient (Wildman–Crippen LogP) is 1.66. The zero-order chi connectivity index (χ0) is 13.1. The van der Waals surface area contributed by atoms with Crippen molar-refractivity contribution in [1.82, 2.24) is 9.97 Å². The number of aryl methyl sites for hydroxylation is 1. The van der Waals surface area contributed by atoms with Crippen molar-refractivity contribution in [3.05, 3.63) is 36.2 Å². The van der Waals surface area contributed by atoms with E-state index in [-0.39, 0.29) is 11.7 Å². The Labute approximate surface area is 104 Å². The minimum absolute atomic E-state index is 0.230. The summed E-state index contributed by atoms with van der Waals surface area (Å²) in [4.78, 5) is 21.5. The Hall–Kier alpha value is -2.37.